The Kier molecular flexibility index (Phi) is 9.49. The van der Waals surface area contributed by atoms with Crippen molar-refractivity contribution in [2.45, 2.75) is 64.7 Å². The van der Waals surface area contributed by atoms with Crippen LogP contribution >= 0.6 is 0 Å². The van der Waals surface area contributed by atoms with Gasteiger partial charge in [0.05, 0.1) is 0 Å². The zero-order valence-electron chi connectivity index (χ0n) is 21.4. The molecule has 2 saturated heterocycles. The highest BCUT2D eigenvalue weighted by Gasteiger charge is 2.37. The molecule has 32 heavy (non-hydrogen) atoms. The summed E-state index contributed by atoms with van der Waals surface area (Å²) in [5.74, 6) is 0.117. The number of carbonyl (C=O) groups excluding carboxylic acids is 2. The minimum Gasteiger partial charge on any atom is -0.336 e. The van der Waals surface area contributed by atoms with Crippen LogP contribution in [0.5, 0.6) is 0 Å². The molecule has 7 nitrogen and oxygen atoms in total. The fraction of sp³-hybridized carbons (Fsp3) is 0.760. The van der Waals surface area contributed by atoms with E-state index in [1.165, 1.54) is 6.08 Å². The van der Waals surface area contributed by atoms with Crippen molar-refractivity contribution in [2.75, 3.05) is 59.9 Å². The number of rotatable bonds is 8. The summed E-state index contributed by atoms with van der Waals surface area (Å²) in [6.07, 6.45) is 6.00. The van der Waals surface area contributed by atoms with Crippen molar-refractivity contribution in [3.8, 4) is 0 Å². The Labute approximate surface area is 195 Å². The van der Waals surface area contributed by atoms with Gasteiger partial charge in [0.15, 0.2) is 0 Å². The number of likely N-dealkylation sites (N-methyl/N-ethyl adjacent to an activating group) is 1. The molecule has 0 aliphatic carbocycles. The van der Waals surface area contributed by atoms with E-state index < -0.39 is 0 Å². The van der Waals surface area contributed by atoms with Gasteiger partial charge in [0, 0.05) is 69.5 Å². The first-order valence-corrected chi connectivity index (χ1v) is 12.0. The molecule has 2 heterocycles. The van der Waals surface area contributed by atoms with E-state index in [0.717, 1.165) is 39.1 Å². The smallest absolute Gasteiger partial charge is 0.246 e. The average Bonchev–Trinajstić information content (AvgIpc) is 2.71. The highest BCUT2D eigenvalue weighted by Crippen LogP contribution is 2.25. The van der Waals surface area contributed by atoms with Gasteiger partial charge in [-0.2, -0.15) is 0 Å². The number of amides is 2. The second-order valence-corrected chi connectivity index (χ2v) is 10.5. The summed E-state index contributed by atoms with van der Waals surface area (Å²) < 4.78 is 0. The molecule has 2 aliphatic heterocycles. The van der Waals surface area contributed by atoms with Crippen LogP contribution in [-0.2, 0) is 9.59 Å². The van der Waals surface area contributed by atoms with E-state index in [0.29, 0.717) is 31.2 Å². The van der Waals surface area contributed by atoms with E-state index in [1.54, 1.807) is 6.08 Å². The topological polar surface area (TPSA) is 50.3 Å². The Morgan fingerprint density at radius 2 is 1.72 bits per heavy atom. The molecule has 0 N–H and O–H groups in total. The van der Waals surface area contributed by atoms with Crippen LogP contribution in [0.4, 0.5) is 0 Å². The first-order chi connectivity index (χ1) is 15.0. The lowest BCUT2D eigenvalue weighted by atomic mass is 9.95. The molecular formula is C25H45N5O2. The van der Waals surface area contributed by atoms with Crippen molar-refractivity contribution in [1.82, 2.24) is 24.5 Å². The second-order valence-electron chi connectivity index (χ2n) is 10.5. The third kappa shape index (κ3) is 6.90. The van der Waals surface area contributed by atoms with Crippen LogP contribution in [0.25, 0.3) is 0 Å². The predicted octanol–water partition coefficient (Wildman–Crippen LogP) is 1.91. The summed E-state index contributed by atoms with van der Waals surface area (Å²) in [7, 11) is 4.18. The van der Waals surface area contributed by atoms with Gasteiger partial charge < -0.3 is 14.7 Å². The standard InChI is InChI=1S/C25H45N5O2/c1-9-23(31)28-14-16-30(25(5,6)19-28)21(4)11-10-12-24(32)27-13-15-29(20(2)3)22(18-27)17-26(7)8/h9-10,12,20-22H,1,11,13-19H2,2-8H3/b12-10+. The van der Waals surface area contributed by atoms with Crippen molar-refractivity contribution in [3.05, 3.63) is 24.8 Å². The van der Waals surface area contributed by atoms with Crippen LogP contribution in [-0.4, -0.2) is 120 Å². The van der Waals surface area contributed by atoms with Gasteiger partial charge in [0.2, 0.25) is 11.8 Å². The number of nitrogens with zero attached hydrogens (tertiary/aromatic N) is 5. The Morgan fingerprint density at radius 1 is 1.06 bits per heavy atom. The molecule has 0 bridgehead atoms. The first kappa shape index (κ1) is 26.6. The quantitative estimate of drug-likeness (QED) is 0.532. The third-order valence-corrected chi connectivity index (χ3v) is 6.80. The number of carbonyl (C=O) groups is 2. The summed E-state index contributed by atoms with van der Waals surface area (Å²) in [6.45, 7) is 20.3. The van der Waals surface area contributed by atoms with E-state index in [1.807, 2.05) is 15.9 Å². The fourth-order valence-corrected chi connectivity index (χ4v) is 5.23. The Morgan fingerprint density at radius 3 is 2.28 bits per heavy atom. The molecule has 0 saturated carbocycles. The molecule has 0 radical (unpaired) electrons. The van der Waals surface area contributed by atoms with E-state index >= 15 is 0 Å². The fourth-order valence-electron chi connectivity index (χ4n) is 5.23. The number of piperazine rings is 2. The first-order valence-electron chi connectivity index (χ1n) is 12.0. The zero-order chi connectivity index (χ0) is 24.1. The van der Waals surface area contributed by atoms with Crippen LogP contribution < -0.4 is 0 Å². The second kappa shape index (κ2) is 11.4. The maximum Gasteiger partial charge on any atom is 0.246 e. The monoisotopic (exact) mass is 447 g/mol. The van der Waals surface area contributed by atoms with E-state index in [2.05, 4.69) is 70.0 Å². The summed E-state index contributed by atoms with van der Waals surface area (Å²) in [6, 6.07) is 1.15. The average molecular weight is 448 g/mol. The lowest BCUT2D eigenvalue weighted by molar-refractivity contribution is -0.132. The minimum absolute atomic E-state index is 0.000931. The van der Waals surface area contributed by atoms with Crippen molar-refractivity contribution < 1.29 is 9.59 Å². The number of hydrogen-bond donors (Lipinski definition) is 0. The molecule has 2 atom stereocenters. The molecule has 182 valence electrons. The Bertz CT molecular complexity index is 688. The highest BCUT2D eigenvalue weighted by atomic mass is 16.2. The van der Waals surface area contributed by atoms with Gasteiger partial charge in [-0.05, 0) is 67.3 Å². The zero-order valence-corrected chi connectivity index (χ0v) is 21.4. The Hall–Kier alpha value is -1.70. The third-order valence-electron chi connectivity index (χ3n) is 6.80. The maximum atomic E-state index is 12.9. The van der Waals surface area contributed by atoms with Gasteiger partial charge in [0.1, 0.15) is 0 Å². The molecule has 0 aromatic carbocycles. The summed E-state index contributed by atoms with van der Waals surface area (Å²) >= 11 is 0. The molecule has 2 aliphatic rings. The summed E-state index contributed by atoms with van der Waals surface area (Å²) in [4.78, 5) is 35.9. The van der Waals surface area contributed by atoms with Crippen molar-refractivity contribution in [1.29, 1.82) is 0 Å². The molecule has 7 heteroatoms. The SMILES string of the molecule is C=CC(=O)N1CCN(C(C)C/C=C/C(=O)N2CCN(C(C)C)C(CN(C)C)C2)C(C)(C)C1. The molecule has 0 spiro atoms. The van der Waals surface area contributed by atoms with Crippen molar-refractivity contribution in [2.24, 2.45) is 0 Å². The molecule has 2 amide bonds. The van der Waals surface area contributed by atoms with E-state index in [9.17, 15) is 9.59 Å². The van der Waals surface area contributed by atoms with Gasteiger partial charge in [-0.1, -0.05) is 12.7 Å². The highest BCUT2D eigenvalue weighted by molar-refractivity contribution is 5.88. The van der Waals surface area contributed by atoms with Crippen LogP contribution in [0.2, 0.25) is 0 Å². The van der Waals surface area contributed by atoms with Crippen molar-refractivity contribution in [3.63, 3.8) is 0 Å². The lowest BCUT2D eigenvalue weighted by Gasteiger charge is -2.49. The molecule has 0 aromatic heterocycles. The molecule has 2 fully saturated rings. The van der Waals surface area contributed by atoms with Gasteiger partial charge >= 0.3 is 0 Å². The normalized spacial score (nSPS) is 23.8. The summed E-state index contributed by atoms with van der Waals surface area (Å²) in [5, 5.41) is 0. The molecular weight excluding hydrogens is 402 g/mol. The largest absolute Gasteiger partial charge is 0.336 e. The van der Waals surface area contributed by atoms with Gasteiger partial charge in [-0.3, -0.25) is 19.4 Å². The minimum atomic E-state index is -0.110. The van der Waals surface area contributed by atoms with Crippen molar-refractivity contribution >= 4 is 11.8 Å². The van der Waals surface area contributed by atoms with Crippen LogP contribution in [0, 0.1) is 0 Å². The number of hydrogen-bond acceptors (Lipinski definition) is 5. The van der Waals surface area contributed by atoms with E-state index in [4.69, 9.17) is 0 Å². The van der Waals surface area contributed by atoms with Crippen LogP contribution in [0.15, 0.2) is 24.8 Å². The van der Waals surface area contributed by atoms with Crippen LogP contribution in [0.1, 0.15) is 41.0 Å². The van der Waals surface area contributed by atoms with E-state index in [-0.39, 0.29) is 17.4 Å². The van der Waals surface area contributed by atoms with Gasteiger partial charge in [-0.25, -0.2) is 0 Å². The lowest BCUT2D eigenvalue weighted by Crippen LogP contribution is -2.62. The molecule has 0 aromatic rings. The van der Waals surface area contributed by atoms with Gasteiger partial charge in [0.25, 0.3) is 0 Å². The molecule has 2 unspecified atom stereocenters. The van der Waals surface area contributed by atoms with Crippen LogP contribution in [0.3, 0.4) is 0 Å². The van der Waals surface area contributed by atoms with Gasteiger partial charge in [-0.15, -0.1) is 0 Å². The maximum absolute atomic E-state index is 12.9. The summed E-state index contributed by atoms with van der Waals surface area (Å²) in [5.41, 5.74) is -0.110. The molecule has 2 rings (SSSR count). The Balaban J connectivity index is 1.91. The predicted molar refractivity (Wildman–Crippen MR) is 132 cm³/mol.